The van der Waals surface area contributed by atoms with E-state index in [1.807, 2.05) is 13.8 Å². The molecule has 100 valence electrons. The van der Waals surface area contributed by atoms with Crippen LogP contribution >= 0.6 is 0 Å². The summed E-state index contributed by atoms with van der Waals surface area (Å²) in [5, 5.41) is 12.4. The van der Waals surface area contributed by atoms with Crippen molar-refractivity contribution in [3.8, 4) is 0 Å². The molecule has 0 amide bonds. The minimum atomic E-state index is -0.916. The maximum Gasteiger partial charge on any atom is 0.310 e. The second-order valence-corrected chi connectivity index (χ2v) is 5.54. The van der Waals surface area contributed by atoms with Crippen molar-refractivity contribution in [3.05, 3.63) is 35.6 Å². The Hall–Kier alpha value is -1.42. The van der Waals surface area contributed by atoms with Gasteiger partial charge in [0.15, 0.2) is 0 Å². The molecule has 0 saturated carbocycles. The van der Waals surface area contributed by atoms with Crippen LogP contribution in [0, 0.1) is 11.2 Å². The molecule has 0 radical (unpaired) electrons. The molecule has 0 aromatic heterocycles. The number of aliphatic carboxylic acids is 1. The highest BCUT2D eigenvalue weighted by Gasteiger charge is 2.42. The topological polar surface area (TPSA) is 49.3 Å². The van der Waals surface area contributed by atoms with Crippen LogP contribution in [-0.4, -0.2) is 16.6 Å². The van der Waals surface area contributed by atoms with Crippen LogP contribution in [0.4, 0.5) is 4.39 Å². The van der Waals surface area contributed by atoms with Crippen LogP contribution in [0.5, 0.6) is 0 Å². The molecule has 0 aliphatic rings. The predicted octanol–water partition coefficient (Wildman–Crippen LogP) is 2.80. The monoisotopic (exact) mass is 253 g/mol. The number of carboxylic acids is 1. The highest BCUT2D eigenvalue weighted by atomic mass is 19.1. The summed E-state index contributed by atoms with van der Waals surface area (Å²) in [6, 6.07) is 6.27. The average molecular weight is 253 g/mol. The number of rotatable bonds is 5. The fourth-order valence-electron chi connectivity index (χ4n) is 1.46. The molecule has 0 saturated heterocycles. The fourth-order valence-corrected chi connectivity index (χ4v) is 1.46. The smallest absolute Gasteiger partial charge is 0.310 e. The van der Waals surface area contributed by atoms with Gasteiger partial charge in [0, 0.05) is 12.1 Å². The summed E-state index contributed by atoms with van der Waals surface area (Å²) in [6.07, 6.45) is 0. The average Bonchev–Trinajstić information content (AvgIpc) is 2.26. The molecule has 0 unspecified atom stereocenters. The summed E-state index contributed by atoms with van der Waals surface area (Å²) >= 11 is 0. The molecule has 0 heterocycles. The highest BCUT2D eigenvalue weighted by molar-refractivity contribution is 5.75. The van der Waals surface area contributed by atoms with E-state index in [2.05, 4.69) is 5.32 Å². The van der Waals surface area contributed by atoms with Crippen molar-refractivity contribution in [2.45, 2.75) is 39.8 Å². The Bertz CT molecular complexity index is 441. The lowest BCUT2D eigenvalue weighted by Crippen LogP contribution is -2.54. The fraction of sp³-hybridized carbons (Fsp3) is 0.500. The third-order valence-corrected chi connectivity index (χ3v) is 3.72. The number of nitrogens with one attached hydrogen (secondary N) is 1. The van der Waals surface area contributed by atoms with E-state index in [9.17, 15) is 14.3 Å². The van der Waals surface area contributed by atoms with E-state index in [1.165, 1.54) is 12.1 Å². The lowest BCUT2D eigenvalue weighted by atomic mass is 9.74. The van der Waals surface area contributed by atoms with E-state index in [0.29, 0.717) is 6.54 Å². The van der Waals surface area contributed by atoms with Gasteiger partial charge in [0.2, 0.25) is 0 Å². The Morgan fingerprint density at radius 2 is 1.94 bits per heavy atom. The molecule has 4 heteroatoms. The van der Waals surface area contributed by atoms with E-state index in [1.54, 1.807) is 26.0 Å². The zero-order chi connectivity index (χ0) is 14.0. The molecule has 0 aliphatic carbocycles. The molecule has 0 atom stereocenters. The van der Waals surface area contributed by atoms with Gasteiger partial charge in [0.05, 0.1) is 5.41 Å². The first-order chi connectivity index (χ1) is 8.17. The van der Waals surface area contributed by atoms with Crippen LogP contribution in [0.3, 0.4) is 0 Å². The second kappa shape index (κ2) is 5.06. The summed E-state index contributed by atoms with van der Waals surface area (Å²) < 4.78 is 13.0. The Morgan fingerprint density at radius 3 is 2.44 bits per heavy atom. The van der Waals surface area contributed by atoms with Gasteiger partial charge in [-0.15, -0.1) is 0 Å². The van der Waals surface area contributed by atoms with Gasteiger partial charge in [-0.2, -0.15) is 0 Å². The molecular weight excluding hydrogens is 233 g/mol. The first-order valence-electron chi connectivity index (χ1n) is 5.90. The molecule has 0 bridgehead atoms. The SMILES string of the molecule is CC(C)(NCc1cccc(F)c1)C(C)(C)C(=O)O. The van der Waals surface area contributed by atoms with Crippen molar-refractivity contribution in [2.24, 2.45) is 5.41 Å². The van der Waals surface area contributed by atoms with Crippen LogP contribution < -0.4 is 5.32 Å². The molecule has 3 nitrogen and oxygen atoms in total. The van der Waals surface area contributed by atoms with Crippen LogP contribution in [0.1, 0.15) is 33.3 Å². The number of halogens is 1. The molecular formula is C14H20FNO2. The first kappa shape index (κ1) is 14.6. The maximum atomic E-state index is 13.0. The summed E-state index contributed by atoms with van der Waals surface area (Å²) in [7, 11) is 0. The Labute approximate surface area is 107 Å². The predicted molar refractivity (Wildman–Crippen MR) is 68.7 cm³/mol. The second-order valence-electron chi connectivity index (χ2n) is 5.54. The largest absolute Gasteiger partial charge is 0.481 e. The number of hydrogen-bond donors (Lipinski definition) is 2. The van der Waals surface area contributed by atoms with E-state index >= 15 is 0 Å². The Morgan fingerprint density at radius 1 is 1.33 bits per heavy atom. The standard InChI is InChI=1S/C14H20FNO2/c1-13(2,12(17)18)14(3,4)16-9-10-6-5-7-11(15)8-10/h5-8,16H,9H2,1-4H3,(H,17,18). The van der Waals surface area contributed by atoms with Crippen LogP contribution in [0.25, 0.3) is 0 Å². The molecule has 1 aromatic carbocycles. The van der Waals surface area contributed by atoms with Gasteiger partial charge in [-0.1, -0.05) is 12.1 Å². The van der Waals surface area contributed by atoms with Gasteiger partial charge in [-0.05, 0) is 45.4 Å². The van der Waals surface area contributed by atoms with Gasteiger partial charge < -0.3 is 10.4 Å². The van der Waals surface area contributed by atoms with Crippen molar-refractivity contribution in [3.63, 3.8) is 0 Å². The molecule has 0 aliphatic heterocycles. The van der Waals surface area contributed by atoms with Crippen LogP contribution in [0.2, 0.25) is 0 Å². The van der Waals surface area contributed by atoms with Crippen LogP contribution in [-0.2, 0) is 11.3 Å². The normalized spacial score (nSPS) is 12.5. The van der Waals surface area contributed by atoms with Gasteiger partial charge in [0.1, 0.15) is 5.82 Å². The highest BCUT2D eigenvalue weighted by Crippen LogP contribution is 2.30. The zero-order valence-corrected chi connectivity index (χ0v) is 11.2. The molecule has 1 rings (SSSR count). The molecule has 0 fully saturated rings. The maximum absolute atomic E-state index is 13.0. The lowest BCUT2D eigenvalue weighted by Gasteiger charge is -2.39. The van der Waals surface area contributed by atoms with Crippen LogP contribution in [0.15, 0.2) is 24.3 Å². The van der Waals surface area contributed by atoms with Gasteiger partial charge in [-0.3, -0.25) is 4.79 Å². The summed E-state index contributed by atoms with van der Waals surface area (Å²) in [4.78, 5) is 11.2. The van der Waals surface area contributed by atoms with Crippen molar-refractivity contribution in [1.29, 1.82) is 0 Å². The van der Waals surface area contributed by atoms with Crippen molar-refractivity contribution in [1.82, 2.24) is 5.32 Å². The van der Waals surface area contributed by atoms with Crippen molar-refractivity contribution >= 4 is 5.97 Å². The van der Waals surface area contributed by atoms with Gasteiger partial charge in [-0.25, -0.2) is 4.39 Å². The molecule has 0 spiro atoms. The van der Waals surface area contributed by atoms with Gasteiger partial charge in [0.25, 0.3) is 0 Å². The lowest BCUT2D eigenvalue weighted by molar-refractivity contribution is -0.151. The van der Waals surface area contributed by atoms with E-state index < -0.39 is 16.9 Å². The van der Waals surface area contributed by atoms with E-state index in [0.717, 1.165) is 5.56 Å². The van der Waals surface area contributed by atoms with E-state index in [-0.39, 0.29) is 5.82 Å². The Balaban J connectivity index is 2.76. The molecule has 2 N–H and O–H groups in total. The third-order valence-electron chi connectivity index (χ3n) is 3.72. The molecule has 18 heavy (non-hydrogen) atoms. The zero-order valence-electron chi connectivity index (χ0n) is 11.2. The van der Waals surface area contributed by atoms with Gasteiger partial charge >= 0.3 is 5.97 Å². The molecule has 1 aromatic rings. The summed E-state index contributed by atoms with van der Waals surface area (Å²) in [5.74, 6) is -1.15. The number of carboxylic acid groups (broad SMARTS) is 1. The minimum absolute atomic E-state index is 0.287. The first-order valence-corrected chi connectivity index (χ1v) is 5.90. The van der Waals surface area contributed by atoms with E-state index in [4.69, 9.17) is 0 Å². The summed E-state index contributed by atoms with van der Waals surface area (Å²) in [6.45, 7) is 7.45. The minimum Gasteiger partial charge on any atom is -0.481 e. The van der Waals surface area contributed by atoms with Crippen molar-refractivity contribution < 1.29 is 14.3 Å². The quantitative estimate of drug-likeness (QED) is 0.848. The number of carbonyl (C=O) groups is 1. The summed E-state index contributed by atoms with van der Waals surface area (Å²) in [5.41, 5.74) is -0.727. The number of benzene rings is 1. The number of hydrogen-bond acceptors (Lipinski definition) is 2. The third kappa shape index (κ3) is 3.07. The van der Waals surface area contributed by atoms with Crippen molar-refractivity contribution in [2.75, 3.05) is 0 Å². The Kier molecular flexibility index (Phi) is 4.12.